The van der Waals surface area contributed by atoms with Gasteiger partial charge in [-0.25, -0.2) is 0 Å². The van der Waals surface area contributed by atoms with E-state index in [1.807, 2.05) is 17.2 Å². The number of amides is 1. The van der Waals surface area contributed by atoms with Crippen LogP contribution >= 0.6 is 0 Å². The van der Waals surface area contributed by atoms with Gasteiger partial charge in [-0.15, -0.1) is 0 Å². The maximum absolute atomic E-state index is 12.5. The third-order valence-corrected chi connectivity index (χ3v) is 5.25. The number of hydroxylamine groups is 2. The van der Waals surface area contributed by atoms with Gasteiger partial charge in [-0.05, 0) is 55.7 Å². The summed E-state index contributed by atoms with van der Waals surface area (Å²) < 4.78 is 5.30. The first-order valence-corrected chi connectivity index (χ1v) is 9.53. The molecule has 2 heterocycles. The van der Waals surface area contributed by atoms with Crippen LogP contribution in [0.1, 0.15) is 37.7 Å². The van der Waals surface area contributed by atoms with Gasteiger partial charge in [-0.2, -0.15) is 5.06 Å². The van der Waals surface area contributed by atoms with E-state index in [1.165, 1.54) is 12.0 Å². The van der Waals surface area contributed by atoms with Crippen LogP contribution in [0.3, 0.4) is 0 Å². The number of hydrogen-bond donors (Lipinski definition) is 0. The molecule has 1 atom stereocenters. The van der Waals surface area contributed by atoms with Crippen molar-refractivity contribution in [2.24, 2.45) is 5.92 Å². The smallest absolute Gasteiger partial charge is 0.223 e. The number of benzene rings is 1. The van der Waals surface area contributed by atoms with Crippen LogP contribution in [0.4, 0.5) is 0 Å². The maximum Gasteiger partial charge on any atom is 0.223 e. The van der Waals surface area contributed by atoms with Crippen LogP contribution in [0, 0.1) is 5.92 Å². The van der Waals surface area contributed by atoms with Crippen molar-refractivity contribution < 1.29 is 14.4 Å². The molecule has 0 aromatic heterocycles. The molecular formula is C20H30N2O3. The van der Waals surface area contributed by atoms with E-state index < -0.39 is 0 Å². The number of carbonyl (C=O) groups is 1. The SMILES string of the molecule is COc1cccc(CC[C@@H]2CCCN(C(=O)CCN3CCCO3)C2)c1. The van der Waals surface area contributed by atoms with Gasteiger partial charge in [0.05, 0.1) is 13.7 Å². The fourth-order valence-corrected chi connectivity index (χ4v) is 3.78. The number of hydrogen-bond acceptors (Lipinski definition) is 4. The van der Waals surface area contributed by atoms with Crippen LogP contribution < -0.4 is 4.74 Å². The van der Waals surface area contributed by atoms with Crippen molar-refractivity contribution in [1.82, 2.24) is 9.96 Å². The van der Waals surface area contributed by atoms with Crippen LogP contribution in [-0.2, 0) is 16.1 Å². The van der Waals surface area contributed by atoms with Crippen molar-refractivity contribution in [2.45, 2.75) is 38.5 Å². The van der Waals surface area contributed by atoms with E-state index in [1.54, 1.807) is 7.11 Å². The Hall–Kier alpha value is -1.59. The Bertz CT molecular complexity index is 558. The Labute approximate surface area is 150 Å². The second kappa shape index (κ2) is 9.20. The second-order valence-electron chi connectivity index (χ2n) is 7.10. The highest BCUT2D eigenvalue weighted by molar-refractivity contribution is 5.76. The molecule has 0 N–H and O–H groups in total. The third kappa shape index (κ3) is 5.44. The molecule has 138 valence electrons. The van der Waals surface area contributed by atoms with E-state index in [-0.39, 0.29) is 5.91 Å². The van der Waals surface area contributed by atoms with Gasteiger partial charge in [0.15, 0.2) is 0 Å². The minimum atomic E-state index is 0.279. The molecule has 1 amide bonds. The Balaban J connectivity index is 1.43. The molecule has 5 nitrogen and oxygen atoms in total. The molecule has 3 rings (SSSR count). The number of piperidine rings is 1. The Morgan fingerprint density at radius 2 is 2.24 bits per heavy atom. The van der Waals surface area contributed by atoms with E-state index in [0.29, 0.717) is 12.3 Å². The number of ether oxygens (including phenoxy) is 1. The Morgan fingerprint density at radius 1 is 1.32 bits per heavy atom. The molecule has 1 aromatic rings. The monoisotopic (exact) mass is 346 g/mol. The zero-order valence-corrected chi connectivity index (χ0v) is 15.3. The molecule has 0 radical (unpaired) electrons. The van der Waals surface area contributed by atoms with E-state index in [2.05, 4.69) is 17.0 Å². The normalized spacial score (nSPS) is 21.5. The van der Waals surface area contributed by atoms with Gasteiger partial charge in [0.2, 0.25) is 5.91 Å². The molecule has 0 bridgehead atoms. The topological polar surface area (TPSA) is 42.0 Å². The molecule has 0 aliphatic carbocycles. The number of carbonyl (C=O) groups excluding carboxylic acids is 1. The summed E-state index contributed by atoms with van der Waals surface area (Å²) in [6.45, 7) is 4.30. The lowest BCUT2D eigenvalue weighted by Crippen LogP contribution is -2.41. The number of aryl methyl sites for hydroxylation is 1. The summed E-state index contributed by atoms with van der Waals surface area (Å²) in [7, 11) is 1.71. The van der Waals surface area contributed by atoms with Crippen LogP contribution in [0.15, 0.2) is 24.3 Å². The summed E-state index contributed by atoms with van der Waals surface area (Å²) in [5.41, 5.74) is 1.31. The lowest BCUT2D eigenvalue weighted by molar-refractivity contribution is -0.140. The number of methoxy groups -OCH3 is 1. The largest absolute Gasteiger partial charge is 0.497 e. The standard InChI is InChI=1S/C20H30N2O3/c1-24-19-7-2-5-17(15-19)8-9-18-6-3-11-21(16-18)20(23)10-13-22-12-4-14-25-22/h2,5,7,15,18H,3-4,6,8-14,16H2,1H3/t18-/m0/s1. The molecule has 5 heteroatoms. The fraction of sp³-hybridized carbons (Fsp3) is 0.650. The van der Waals surface area contributed by atoms with Gasteiger partial charge in [0.1, 0.15) is 5.75 Å². The third-order valence-electron chi connectivity index (χ3n) is 5.25. The summed E-state index contributed by atoms with van der Waals surface area (Å²) in [6.07, 6.45) is 6.17. The molecule has 2 aliphatic heterocycles. The summed E-state index contributed by atoms with van der Waals surface area (Å²) in [5, 5.41) is 1.93. The fourth-order valence-electron chi connectivity index (χ4n) is 3.78. The molecular weight excluding hydrogens is 316 g/mol. The van der Waals surface area contributed by atoms with Crippen molar-refractivity contribution >= 4 is 5.91 Å². The van der Waals surface area contributed by atoms with Crippen LogP contribution in [0.2, 0.25) is 0 Å². The van der Waals surface area contributed by atoms with Crippen LogP contribution in [0.5, 0.6) is 5.75 Å². The van der Waals surface area contributed by atoms with Crippen molar-refractivity contribution in [3.05, 3.63) is 29.8 Å². The minimum absolute atomic E-state index is 0.279. The van der Waals surface area contributed by atoms with Crippen LogP contribution in [-0.4, -0.2) is 55.8 Å². The quantitative estimate of drug-likeness (QED) is 0.761. The molecule has 0 saturated carbocycles. The molecule has 2 fully saturated rings. The number of likely N-dealkylation sites (tertiary alicyclic amines) is 1. The first-order chi connectivity index (χ1) is 12.2. The second-order valence-corrected chi connectivity index (χ2v) is 7.10. The van der Waals surface area contributed by atoms with Crippen molar-refractivity contribution in [2.75, 3.05) is 39.9 Å². The molecule has 2 aliphatic rings. The highest BCUT2D eigenvalue weighted by Gasteiger charge is 2.24. The predicted molar refractivity (Wildman–Crippen MR) is 97.4 cm³/mol. The molecule has 0 spiro atoms. The lowest BCUT2D eigenvalue weighted by Gasteiger charge is -2.33. The van der Waals surface area contributed by atoms with Gasteiger partial charge in [-0.3, -0.25) is 9.63 Å². The Morgan fingerprint density at radius 3 is 3.04 bits per heavy atom. The summed E-state index contributed by atoms with van der Waals surface area (Å²) in [6, 6.07) is 8.30. The number of rotatable bonds is 7. The zero-order valence-electron chi connectivity index (χ0n) is 15.3. The predicted octanol–water partition coefficient (Wildman–Crippen LogP) is 2.89. The van der Waals surface area contributed by atoms with E-state index >= 15 is 0 Å². The van der Waals surface area contributed by atoms with Crippen LogP contribution in [0.25, 0.3) is 0 Å². The zero-order chi connectivity index (χ0) is 17.5. The maximum atomic E-state index is 12.5. The van der Waals surface area contributed by atoms with Gasteiger partial charge in [0, 0.05) is 32.6 Å². The molecule has 0 unspecified atom stereocenters. The first-order valence-electron chi connectivity index (χ1n) is 9.53. The summed E-state index contributed by atoms with van der Waals surface area (Å²) >= 11 is 0. The summed E-state index contributed by atoms with van der Waals surface area (Å²) in [5.74, 6) is 1.80. The molecule has 1 aromatic carbocycles. The van der Waals surface area contributed by atoms with Crippen molar-refractivity contribution in [3.63, 3.8) is 0 Å². The van der Waals surface area contributed by atoms with Crippen molar-refractivity contribution in [3.8, 4) is 5.75 Å². The lowest BCUT2D eigenvalue weighted by atomic mass is 9.91. The van der Waals surface area contributed by atoms with E-state index in [4.69, 9.17) is 9.57 Å². The van der Waals surface area contributed by atoms with E-state index in [0.717, 1.165) is 64.2 Å². The first kappa shape index (κ1) is 18.2. The highest BCUT2D eigenvalue weighted by atomic mass is 16.7. The van der Waals surface area contributed by atoms with E-state index in [9.17, 15) is 4.79 Å². The Kier molecular flexibility index (Phi) is 6.70. The molecule has 25 heavy (non-hydrogen) atoms. The van der Waals surface area contributed by atoms with Crippen molar-refractivity contribution in [1.29, 1.82) is 0 Å². The summed E-state index contributed by atoms with van der Waals surface area (Å²) in [4.78, 5) is 20.0. The van der Waals surface area contributed by atoms with Gasteiger partial charge in [0.25, 0.3) is 0 Å². The average Bonchev–Trinajstić information content (AvgIpc) is 3.18. The highest BCUT2D eigenvalue weighted by Crippen LogP contribution is 2.23. The minimum Gasteiger partial charge on any atom is -0.497 e. The molecule has 2 saturated heterocycles. The van der Waals surface area contributed by atoms with Gasteiger partial charge < -0.3 is 9.64 Å². The average molecular weight is 346 g/mol. The number of nitrogens with zero attached hydrogens (tertiary/aromatic N) is 2. The van der Waals surface area contributed by atoms with Gasteiger partial charge in [-0.1, -0.05) is 12.1 Å². The van der Waals surface area contributed by atoms with Gasteiger partial charge >= 0.3 is 0 Å².